The first-order chi connectivity index (χ1) is 7.95. The van der Waals surface area contributed by atoms with Gasteiger partial charge in [-0.25, -0.2) is 4.39 Å². The van der Waals surface area contributed by atoms with Gasteiger partial charge in [0, 0.05) is 0 Å². The standard InChI is InChI=1S/C12H16FO3P/c1-2-11(17(14,15)16)8-5-7-10-6-3-4-9-12(10)13/h2-4,6,9,11H,1,5,7-8H2,(H2,14,15,16). The van der Waals surface area contributed by atoms with Crippen molar-refractivity contribution < 1.29 is 18.7 Å². The monoisotopic (exact) mass is 258 g/mol. The van der Waals surface area contributed by atoms with Crippen LogP contribution >= 0.6 is 7.60 Å². The van der Waals surface area contributed by atoms with Crippen LogP contribution in [0.5, 0.6) is 0 Å². The predicted octanol–water partition coefficient (Wildman–Crippen LogP) is 2.88. The van der Waals surface area contributed by atoms with Crippen LogP contribution in [0.1, 0.15) is 18.4 Å². The fourth-order valence-electron chi connectivity index (χ4n) is 1.63. The highest BCUT2D eigenvalue weighted by molar-refractivity contribution is 7.52. The van der Waals surface area contributed by atoms with E-state index in [1.807, 2.05) is 0 Å². The summed E-state index contributed by atoms with van der Waals surface area (Å²) in [5, 5.41) is 0. The lowest BCUT2D eigenvalue weighted by atomic mass is 10.1. The summed E-state index contributed by atoms with van der Waals surface area (Å²) in [6.07, 6.45) is 2.56. The lowest BCUT2D eigenvalue weighted by Crippen LogP contribution is -2.05. The third kappa shape index (κ3) is 4.43. The van der Waals surface area contributed by atoms with Crippen LogP contribution < -0.4 is 0 Å². The number of allylic oxidation sites excluding steroid dienone is 1. The Kier molecular flexibility index (Phi) is 5.06. The van der Waals surface area contributed by atoms with Gasteiger partial charge in [0.15, 0.2) is 0 Å². The van der Waals surface area contributed by atoms with E-state index in [0.717, 1.165) is 0 Å². The van der Waals surface area contributed by atoms with Crippen LogP contribution in [0, 0.1) is 5.82 Å². The van der Waals surface area contributed by atoms with Crippen molar-refractivity contribution >= 4 is 7.60 Å². The van der Waals surface area contributed by atoms with E-state index in [9.17, 15) is 8.96 Å². The third-order valence-corrected chi connectivity index (χ3v) is 3.94. The van der Waals surface area contributed by atoms with Crippen molar-refractivity contribution in [1.82, 2.24) is 0 Å². The molecule has 0 heterocycles. The second-order valence-electron chi connectivity index (χ2n) is 3.88. The molecule has 5 heteroatoms. The van der Waals surface area contributed by atoms with E-state index < -0.39 is 13.3 Å². The van der Waals surface area contributed by atoms with E-state index in [4.69, 9.17) is 9.79 Å². The summed E-state index contributed by atoms with van der Waals surface area (Å²) in [6, 6.07) is 6.41. The second kappa shape index (κ2) is 6.10. The smallest absolute Gasteiger partial charge is 0.324 e. The van der Waals surface area contributed by atoms with Crippen molar-refractivity contribution in [2.45, 2.75) is 24.9 Å². The number of rotatable bonds is 6. The molecule has 0 aliphatic rings. The number of halogens is 1. The Morgan fingerprint density at radius 1 is 1.41 bits per heavy atom. The molecule has 94 valence electrons. The van der Waals surface area contributed by atoms with E-state index in [0.29, 0.717) is 24.8 Å². The van der Waals surface area contributed by atoms with Gasteiger partial charge in [-0.1, -0.05) is 24.3 Å². The molecular weight excluding hydrogens is 242 g/mol. The molecule has 1 atom stereocenters. The Morgan fingerprint density at radius 2 is 2.06 bits per heavy atom. The molecule has 0 saturated heterocycles. The fourth-order valence-corrected chi connectivity index (χ4v) is 2.42. The lowest BCUT2D eigenvalue weighted by molar-refractivity contribution is 0.361. The first kappa shape index (κ1) is 14.1. The Morgan fingerprint density at radius 3 is 2.59 bits per heavy atom. The Bertz CT molecular complexity index is 428. The minimum Gasteiger partial charge on any atom is -0.324 e. The zero-order chi connectivity index (χ0) is 12.9. The van der Waals surface area contributed by atoms with Gasteiger partial charge in [-0.05, 0) is 30.9 Å². The van der Waals surface area contributed by atoms with Crippen molar-refractivity contribution in [2.75, 3.05) is 0 Å². The predicted molar refractivity (Wildman–Crippen MR) is 65.4 cm³/mol. The zero-order valence-electron chi connectivity index (χ0n) is 9.42. The molecule has 17 heavy (non-hydrogen) atoms. The topological polar surface area (TPSA) is 57.5 Å². The quantitative estimate of drug-likeness (QED) is 0.609. The molecule has 0 radical (unpaired) electrons. The number of hydrogen-bond acceptors (Lipinski definition) is 1. The van der Waals surface area contributed by atoms with Crippen LogP contribution in [-0.4, -0.2) is 15.4 Å². The van der Waals surface area contributed by atoms with Crippen LogP contribution in [0.2, 0.25) is 0 Å². The van der Waals surface area contributed by atoms with Crippen LogP contribution in [-0.2, 0) is 11.0 Å². The molecule has 0 aliphatic carbocycles. The van der Waals surface area contributed by atoms with E-state index >= 15 is 0 Å². The van der Waals surface area contributed by atoms with Crippen molar-refractivity contribution in [3.05, 3.63) is 48.3 Å². The molecule has 1 aromatic carbocycles. The molecule has 1 rings (SSSR count). The van der Waals surface area contributed by atoms with Crippen molar-refractivity contribution in [3.63, 3.8) is 0 Å². The number of aryl methyl sites for hydroxylation is 1. The van der Waals surface area contributed by atoms with Gasteiger partial charge in [-0.15, -0.1) is 6.58 Å². The van der Waals surface area contributed by atoms with Gasteiger partial charge in [0.05, 0.1) is 5.66 Å². The second-order valence-corrected chi connectivity index (χ2v) is 5.72. The molecule has 0 aromatic heterocycles. The Labute approximate surface area is 100 Å². The molecule has 0 fully saturated rings. The third-order valence-electron chi connectivity index (χ3n) is 2.61. The molecule has 0 amide bonds. The van der Waals surface area contributed by atoms with E-state index in [-0.39, 0.29) is 5.82 Å². The maximum Gasteiger partial charge on any atom is 0.332 e. The van der Waals surface area contributed by atoms with Crippen LogP contribution in [0.25, 0.3) is 0 Å². The molecule has 1 unspecified atom stereocenters. The molecule has 3 nitrogen and oxygen atoms in total. The van der Waals surface area contributed by atoms with Crippen LogP contribution in [0.3, 0.4) is 0 Å². The number of benzene rings is 1. The van der Waals surface area contributed by atoms with Crippen LogP contribution in [0.15, 0.2) is 36.9 Å². The molecular formula is C12H16FO3P. The van der Waals surface area contributed by atoms with Gasteiger partial charge >= 0.3 is 7.60 Å². The molecule has 0 bridgehead atoms. The zero-order valence-corrected chi connectivity index (χ0v) is 10.3. The fraction of sp³-hybridized carbons (Fsp3) is 0.333. The highest BCUT2D eigenvalue weighted by Crippen LogP contribution is 2.44. The van der Waals surface area contributed by atoms with Crippen molar-refractivity contribution in [3.8, 4) is 0 Å². The average Bonchev–Trinajstić information content (AvgIpc) is 2.25. The summed E-state index contributed by atoms with van der Waals surface area (Å²) >= 11 is 0. The minimum absolute atomic E-state index is 0.279. The van der Waals surface area contributed by atoms with E-state index in [2.05, 4.69) is 6.58 Å². The van der Waals surface area contributed by atoms with Crippen LogP contribution in [0.4, 0.5) is 4.39 Å². The van der Waals surface area contributed by atoms with Gasteiger partial charge in [-0.3, -0.25) is 4.57 Å². The first-order valence-electron chi connectivity index (χ1n) is 5.36. The maximum atomic E-state index is 13.3. The Balaban J connectivity index is 2.50. The highest BCUT2D eigenvalue weighted by Gasteiger charge is 2.24. The summed E-state index contributed by atoms with van der Waals surface area (Å²) in [4.78, 5) is 18.0. The van der Waals surface area contributed by atoms with E-state index in [1.165, 1.54) is 12.1 Å². The average molecular weight is 258 g/mol. The summed E-state index contributed by atoms with van der Waals surface area (Å²) in [5.74, 6) is -0.279. The molecule has 0 aliphatic heterocycles. The maximum absolute atomic E-state index is 13.3. The molecule has 2 N–H and O–H groups in total. The van der Waals surface area contributed by atoms with Crippen molar-refractivity contribution in [2.24, 2.45) is 0 Å². The molecule has 0 spiro atoms. The SMILES string of the molecule is C=CC(CCCc1ccccc1F)P(=O)(O)O. The molecule has 0 saturated carbocycles. The lowest BCUT2D eigenvalue weighted by Gasteiger charge is -2.13. The first-order valence-corrected chi connectivity index (χ1v) is 7.04. The van der Waals surface area contributed by atoms with Gasteiger partial charge in [0.1, 0.15) is 5.82 Å². The highest BCUT2D eigenvalue weighted by atomic mass is 31.2. The molecule has 1 aromatic rings. The van der Waals surface area contributed by atoms with Gasteiger partial charge in [0.25, 0.3) is 0 Å². The summed E-state index contributed by atoms with van der Waals surface area (Å²) in [6.45, 7) is 3.40. The van der Waals surface area contributed by atoms with Gasteiger partial charge in [0.2, 0.25) is 0 Å². The normalized spacial score (nSPS) is 13.4. The summed E-state index contributed by atoms with van der Waals surface area (Å²) < 4.78 is 24.3. The van der Waals surface area contributed by atoms with Gasteiger partial charge < -0.3 is 9.79 Å². The summed E-state index contributed by atoms with van der Waals surface area (Å²) in [7, 11) is -4.12. The summed E-state index contributed by atoms with van der Waals surface area (Å²) in [5.41, 5.74) is -0.268. The minimum atomic E-state index is -4.12. The largest absolute Gasteiger partial charge is 0.332 e. The number of hydrogen-bond donors (Lipinski definition) is 2. The van der Waals surface area contributed by atoms with E-state index in [1.54, 1.807) is 18.2 Å². The van der Waals surface area contributed by atoms with Crippen molar-refractivity contribution in [1.29, 1.82) is 0 Å². The van der Waals surface area contributed by atoms with Gasteiger partial charge in [-0.2, -0.15) is 0 Å². The Hall–Kier alpha value is -0.960.